The van der Waals surface area contributed by atoms with Crippen LogP contribution in [0.5, 0.6) is 0 Å². The molecule has 0 aromatic carbocycles. The SMILES string of the molecule is COC(=O)CC[C@@H](C)C(=O)OC(C)(C)C. The van der Waals surface area contributed by atoms with Gasteiger partial charge in [0.2, 0.25) is 0 Å². The lowest BCUT2D eigenvalue weighted by atomic mass is 10.1. The Hall–Kier alpha value is -1.06. The zero-order valence-corrected chi connectivity index (χ0v) is 10.1. The Morgan fingerprint density at radius 2 is 1.80 bits per heavy atom. The van der Waals surface area contributed by atoms with Gasteiger partial charge in [-0.2, -0.15) is 0 Å². The van der Waals surface area contributed by atoms with Crippen LogP contribution in [0.4, 0.5) is 0 Å². The summed E-state index contributed by atoms with van der Waals surface area (Å²) in [5, 5.41) is 0. The highest BCUT2D eigenvalue weighted by atomic mass is 16.6. The van der Waals surface area contributed by atoms with Crippen molar-refractivity contribution in [3.05, 3.63) is 0 Å². The Balaban J connectivity index is 3.95. The van der Waals surface area contributed by atoms with Crippen LogP contribution < -0.4 is 0 Å². The van der Waals surface area contributed by atoms with Gasteiger partial charge >= 0.3 is 11.9 Å². The summed E-state index contributed by atoms with van der Waals surface area (Å²) in [5.74, 6) is -0.847. The monoisotopic (exact) mass is 216 g/mol. The van der Waals surface area contributed by atoms with E-state index in [1.807, 2.05) is 20.8 Å². The van der Waals surface area contributed by atoms with Crippen molar-refractivity contribution >= 4 is 11.9 Å². The molecule has 0 radical (unpaired) electrons. The minimum absolute atomic E-state index is 0.247. The predicted molar refractivity (Wildman–Crippen MR) is 56.3 cm³/mol. The summed E-state index contributed by atoms with van der Waals surface area (Å²) >= 11 is 0. The fourth-order valence-electron chi connectivity index (χ4n) is 0.957. The van der Waals surface area contributed by atoms with Crippen LogP contribution in [-0.4, -0.2) is 24.6 Å². The highest BCUT2D eigenvalue weighted by Crippen LogP contribution is 2.14. The van der Waals surface area contributed by atoms with Crippen LogP contribution in [0.3, 0.4) is 0 Å². The molecule has 0 heterocycles. The van der Waals surface area contributed by atoms with E-state index in [0.717, 1.165) is 0 Å². The summed E-state index contributed by atoms with van der Waals surface area (Å²) in [7, 11) is 1.33. The summed E-state index contributed by atoms with van der Waals surface area (Å²) in [4.78, 5) is 22.3. The lowest BCUT2D eigenvalue weighted by Gasteiger charge is -2.22. The van der Waals surface area contributed by atoms with Crippen molar-refractivity contribution in [1.82, 2.24) is 0 Å². The van der Waals surface area contributed by atoms with Gasteiger partial charge in [-0.25, -0.2) is 0 Å². The first-order valence-electron chi connectivity index (χ1n) is 5.06. The zero-order chi connectivity index (χ0) is 12.1. The van der Waals surface area contributed by atoms with Crippen molar-refractivity contribution in [2.24, 2.45) is 5.92 Å². The van der Waals surface area contributed by atoms with E-state index in [-0.39, 0.29) is 24.3 Å². The number of methoxy groups -OCH3 is 1. The minimum Gasteiger partial charge on any atom is -0.469 e. The Labute approximate surface area is 90.9 Å². The molecule has 88 valence electrons. The van der Waals surface area contributed by atoms with Gasteiger partial charge in [-0.1, -0.05) is 6.92 Å². The summed E-state index contributed by atoms with van der Waals surface area (Å²) < 4.78 is 9.66. The van der Waals surface area contributed by atoms with Crippen LogP contribution in [-0.2, 0) is 19.1 Å². The third-order valence-corrected chi connectivity index (χ3v) is 1.82. The molecule has 0 aliphatic heterocycles. The van der Waals surface area contributed by atoms with Crippen molar-refractivity contribution in [3.63, 3.8) is 0 Å². The van der Waals surface area contributed by atoms with Gasteiger partial charge in [0.1, 0.15) is 5.60 Å². The van der Waals surface area contributed by atoms with E-state index in [9.17, 15) is 9.59 Å². The van der Waals surface area contributed by atoms with Gasteiger partial charge in [0.15, 0.2) is 0 Å². The van der Waals surface area contributed by atoms with E-state index in [0.29, 0.717) is 6.42 Å². The maximum atomic E-state index is 11.5. The molecule has 0 aromatic heterocycles. The van der Waals surface area contributed by atoms with Crippen LogP contribution >= 0.6 is 0 Å². The number of hydrogen-bond donors (Lipinski definition) is 0. The van der Waals surface area contributed by atoms with Gasteiger partial charge in [0.05, 0.1) is 13.0 Å². The van der Waals surface area contributed by atoms with E-state index in [1.165, 1.54) is 7.11 Å². The van der Waals surface area contributed by atoms with Gasteiger partial charge in [-0.3, -0.25) is 9.59 Å². The van der Waals surface area contributed by atoms with Crippen molar-refractivity contribution < 1.29 is 19.1 Å². The van der Waals surface area contributed by atoms with Gasteiger partial charge in [-0.15, -0.1) is 0 Å². The lowest BCUT2D eigenvalue weighted by Crippen LogP contribution is -2.27. The molecule has 0 fully saturated rings. The van der Waals surface area contributed by atoms with Crippen molar-refractivity contribution in [2.45, 2.75) is 46.1 Å². The van der Waals surface area contributed by atoms with Crippen LogP contribution in [0.25, 0.3) is 0 Å². The van der Waals surface area contributed by atoms with Crippen molar-refractivity contribution in [3.8, 4) is 0 Å². The third-order valence-electron chi connectivity index (χ3n) is 1.82. The molecular weight excluding hydrogens is 196 g/mol. The number of carbonyl (C=O) groups excluding carboxylic acids is 2. The largest absolute Gasteiger partial charge is 0.469 e. The normalized spacial score (nSPS) is 13.1. The lowest BCUT2D eigenvalue weighted by molar-refractivity contribution is -0.159. The van der Waals surface area contributed by atoms with Gasteiger partial charge in [-0.05, 0) is 27.2 Å². The molecule has 0 aliphatic rings. The summed E-state index contributed by atoms with van der Waals surface area (Å²) in [5.41, 5.74) is -0.476. The fraction of sp³-hybridized carbons (Fsp3) is 0.818. The minimum atomic E-state index is -0.476. The number of ether oxygens (including phenoxy) is 2. The first kappa shape index (κ1) is 13.9. The first-order chi connectivity index (χ1) is 6.76. The van der Waals surface area contributed by atoms with Crippen molar-refractivity contribution in [2.75, 3.05) is 7.11 Å². The van der Waals surface area contributed by atoms with E-state index < -0.39 is 5.60 Å². The molecule has 1 atom stereocenters. The van der Waals surface area contributed by atoms with Gasteiger partial charge in [0, 0.05) is 6.42 Å². The maximum Gasteiger partial charge on any atom is 0.309 e. The second-order valence-corrected chi connectivity index (χ2v) is 4.55. The smallest absolute Gasteiger partial charge is 0.309 e. The number of carbonyl (C=O) groups is 2. The van der Waals surface area contributed by atoms with E-state index in [2.05, 4.69) is 4.74 Å². The van der Waals surface area contributed by atoms with Crippen LogP contribution in [0, 0.1) is 5.92 Å². The Kier molecular flexibility index (Phi) is 5.33. The Bertz CT molecular complexity index is 227. The average molecular weight is 216 g/mol. The number of hydrogen-bond acceptors (Lipinski definition) is 4. The molecule has 0 aliphatic carbocycles. The molecule has 0 saturated heterocycles. The van der Waals surface area contributed by atoms with Crippen molar-refractivity contribution in [1.29, 1.82) is 0 Å². The summed E-state index contributed by atoms with van der Waals surface area (Å²) in [6.45, 7) is 7.20. The number of rotatable bonds is 4. The molecule has 0 rings (SSSR count). The molecule has 0 unspecified atom stereocenters. The topological polar surface area (TPSA) is 52.6 Å². The molecule has 4 heteroatoms. The summed E-state index contributed by atoms with van der Waals surface area (Å²) in [6, 6.07) is 0. The maximum absolute atomic E-state index is 11.5. The molecule has 0 spiro atoms. The highest BCUT2D eigenvalue weighted by Gasteiger charge is 2.22. The predicted octanol–water partition coefficient (Wildman–Crippen LogP) is 1.92. The molecule has 0 aromatic rings. The fourth-order valence-corrected chi connectivity index (χ4v) is 0.957. The van der Waals surface area contributed by atoms with E-state index in [4.69, 9.17) is 4.74 Å². The Morgan fingerprint density at radius 1 is 1.27 bits per heavy atom. The van der Waals surface area contributed by atoms with Crippen LogP contribution in [0.2, 0.25) is 0 Å². The van der Waals surface area contributed by atoms with E-state index >= 15 is 0 Å². The molecule has 0 amide bonds. The second-order valence-electron chi connectivity index (χ2n) is 4.55. The average Bonchev–Trinajstić information content (AvgIpc) is 2.10. The molecular formula is C11H20O4. The molecule has 4 nitrogen and oxygen atoms in total. The third kappa shape index (κ3) is 6.94. The van der Waals surface area contributed by atoms with Crippen LogP contribution in [0.1, 0.15) is 40.5 Å². The molecule has 0 bridgehead atoms. The van der Waals surface area contributed by atoms with E-state index in [1.54, 1.807) is 6.92 Å². The van der Waals surface area contributed by atoms with Gasteiger partial charge in [0.25, 0.3) is 0 Å². The molecule has 0 N–H and O–H groups in total. The molecule has 15 heavy (non-hydrogen) atoms. The van der Waals surface area contributed by atoms with Crippen LogP contribution in [0.15, 0.2) is 0 Å². The standard InChI is InChI=1S/C11H20O4/c1-8(6-7-9(12)14-5)10(13)15-11(2,3)4/h8H,6-7H2,1-5H3/t8-/m1/s1. The van der Waals surface area contributed by atoms with Gasteiger partial charge < -0.3 is 9.47 Å². The summed E-state index contributed by atoms with van der Waals surface area (Å²) in [6.07, 6.45) is 0.707. The zero-order valence-electron chi connectivity index (χ0n) is 10.1. The quantitative estimate of drug-likeness (QED) is 0.674. The number of esters is 2. The first-order valence-corrected chi connectivity index (χ1v) is 5.06. The second kappa shape index (κ2) is 5.73. The molecule has 0 saturated carbocycles. The highest BCUT2D eigenvalue weighted by molar-refractivity contribution is 5.74. The Morgan fingerprint density at radius 3 is 2.20 bits per heavy atom.